The van der Waals surface area contributed by atoms with Crippen LogP contribution in [0.5, 0.6) is 0 Å². The fourth-order valence-corrected chi connectivity index (χ4v) is 1.89. The zero-order valence-electron chi connectivity index (χ0n) is 12.1. The number of nitrogens with zero attached hydrogens (tertiary/aromatic N) is 1. The van der Waals surface area contributed by atoms with E-state index in [9.17, 15) is 9.18 Å². The van der Waals surface area contributed by atoms with Crippen LogP contribution < -0.4 is 5.73 Å². The van der Waals surface area contributed by atoms with E-state index in [-0.39, 0.29) is 23.7 Å². The van der Waals surface area contributed by atoms with Crippen LogP contribution in [0.1, 0.15) is 38.8 Å². The van der Waals surface area contributed by atoms with Gasteiger partial charge in [0.05, 0.1) is 12.1 Å². The van der Waals surface area contributed by atoms with Crippen LogP contribution in [-0.2, 0) is 4.79 Å². The lowest BCUT2D eigenvalue weighted by molar-refractivity contribution is -0.134. The normalized spacial score (nSPS) is 15.7. The van der Waals surface area contributed by atoms with Gasteiger partial charge in [0, 0.05) is 7.05 Å². The second kappa shape index (κ2) is 6.66. The summed E-state index contributed by atoms with van der Waals surface area (Å²) in [7, 11) is 1.73. The van der Waals surface area contributed by atoms with Gasteiger partial charge in [-0.1, -0.05) is 32.4 Å². The SMILES string of the molecule is CCC(C)[C@H](N)C(=O)N(C)C(C)c1ccc(F)cc1. The molecule has 4 heteroatoms. The number of hydrogen-bond donors (Lipinski definition) is 1. The van der Waals surface area contributed by atoms with Gasteiger partial charge in [0.15, 0.2) is 0 Å². The van der Waals surface area contributed by atoms with Crippen molar-refractivity contribution in [1.29, 1.82) is 0 Å². The third kappa shape index (κ3) is 3.77. The minimum absolute atomic E-state index is 0.0776. The molecule has 1 aromatic rings. The molecule has 0 fully saturated rings. The predicted molar refractivity (Wildman–Crippen MR) is 75.0 cm³/mol. The number of rotatable bonds is 5. The van der Waals surface area contributed by atoms with Crippen LogP contribution in [0.25, 0.3) is 0 Å². The predicted octanol–water partition coefficient (Wildman–Crippen LogP) is 2.72. The molecular weight excluding hydrogens is 243 g/mol. The highest BCUT2D eigenvalue weighted by atomic mass is 19.1. The molecule has 3 atom stereocenters. The summed E-state index contributed by atoms with van der Waals surface area (Å²) < 4.78 is 12.9. The third-order valence-corrected chi connectivity index (χ3v) is 3.82. The summed E-state index contributed by atoms with van der Waals surface area (Å²) in [6, 6.07) is 5.58. The molecule has 0 saturated heterocycles. The quantitative estimate of drug-likeness (QED) is 0.890. The summed E-state index contributed by atoms with van der Waals surface area (Å²) in [6.45, 7) is 5.90. The molecule has 0 aromatic heterocycles. The molecule has 0 bridgehead atoms. The first-order chi connectivity index (χ1) is 8.88. The fourth-order valence-electron chi connectivity index (χ4n) is 1.89. The van der Waals surface area contributed by atoms with Crippen LogP contribution in [0, 0.1) is 11.7 Å². The van der Waals surface area contributed by atoms with Crippen molar-refractivity contribution in [3.63, 3.8) is 0 Å². The standard InChI is InChI=1S/C15H23FN2O/c1-5-10(2)14(17)15(19)18(4)11(3)12-6-8-13(16)9-7-12/h6-11,14H,5,17H2,1-4H3/t10?,11?,14-/m0/s1. The van der Waals surface area contributed by atoms with Crippen molar-refractivity contribution in [2.24, 2.45) is 11.7 Å². The van der Waals surface area contributed by atoms with Gasteiger partial charge in [-0.15, -0.1) is 0 Å². The molecule has 0 heterocycles. The van der Waals surface area contributed by atoms with Crippen LogP contribution in [0.15, 0.2) is 24.3 Å². The van der Waals surface area contributed by atoms with Crippen molar-refractivity contribution in [2.75, 3.05) is 7.05 Å². The Kier molecular flexibility index (Phi) is 5.48. The number of halogens is 1. The molecule has 2 unspecified atom stereocenters. The highest BCUT2D eigenvalue weighted by molar-refractivity contribution is 5.82. The number of carbonyl (C=O) groups is 1. The van der Waals surface area contributed by atoms with Gasteiger partial charge in [-0.2, -0.15) is 0 Å². The van der Waals surface area contributed by atoms with Gasteiger partial charge in [0.1, 0.15) is 5.82 Å². The molecule has 3 nitrogen and oxygen atoms in total. The van der Waals surface area contributed by atoms with Crippen LogP contribution in [0.2, 0.25) is 0 Å². The summed E-state index contributed by atoms with van der Waals surface area (Å²) >= 11 is 0. The van der Waals surface area contributed by atoms with Gasteiger partial charge in [0.2, 0.25) is 5.91 Å². The third-order valence-electron chi connectivity index (χ3n) is 3.82. The first kappa shape index (κ1) is 15.6. The topological polar surface area (TPSA) is 46.3 Å². The molecule has 0 saturated carbocycles. The van der Waals surface area contributed by atoms with Gasteiger partial charge >= 0.3 is 0 Å². The molecule has 0 spiro atoms. The Balaban J connectivity index is 2.79. The maximum Gasteiger partial charge on any atom is 0.240 e. The summed E-state index contributed by atoms with van der Waals surface area (Å²) in [5, 5.41) is 0. The Hall–Kier alpha value is -1.42. The first-order valence-electron chi connectivity index (χ1n) is 6.66. The maximum absolute atomic E-state index is 12.9. The van der Waals surface area contributed by atoms with Crippen LogP contribution >= 0.6 is 0 Å². The van der Waals surface area contributed by atoms with Crippen molar-refractivity contribution in [1.82, 2.24) is 4.90 Å². The molecule has 1 aromatic carbocycles. The summed E-state index contributed by atoms with van der Waals surface area (Å²) in [6.07, 6.45) is 0.867. The molecule has 2 N–H and O–H groups in total. The van der Waals surface area contributed by atoms with Crippen molar-refractivity contribution in [3.8, 4) is 0 Å². The van der Waals surface area contributed by atoms with Gasteiger partial charge in [-0.05, 0) is 30.5 Å². The molecule has 0 radical (unpaired) electrons. The summed E-state index contributed by atoms with van der Waals surface area (Å²) in [4.78, 5) is 13.9. The number of likely N-dealkylation sites (N-methyl/N-ethyl adjacent to an activating group) is 1. The van der Waals surface area contributed by atoms with Crippen molar-refractivity contribution in [2.45, 2.75) is 39.3 Å². The lowest BCUT2D eigenvalue weighted by atomic mass is 9.98. The number of carbonyl (C=O) groups excluding carboxylic acids is 1. The van der Waals surface area contributed by atoms with Crippen LogP contribution in [0.3, 0.4) is 0 Å². The Labute approximate surface area is 114 Å². The van der Waals surface area contributed by atoms with E-state index in [0.717, 1.165) is 12.0 Å². The molecular formula is C15H23FN2O. The first-order valence-corrected chi connectivity index (χ1v) is 6.66. The lowest BCUT2D eigenvalue weighted by Gasteiger charge is -2.29. The lowest BCUT2D eigenvalue weighted by Crippen LogP contribution is -2.46. The molecule has 1 amide bonds. The summed E-state index contributed by atoms with van der Waals surface area (Å²) in [5.74, 6) is -0.206. The molecule has 0 aliphatic rings. The van der Waals surface area contributed by atoms with E-state index >= 15 is 0 Å². The molecule has 0 aliphatic heterocycles. The van der Waals surface area contributed by atoms with E-state index < -0.39 is 6.04 Å². The van der Waals surface area contributed by atoms with Gasteiger partial charge in [-0.3, -0.25) is 4.79 Å². The van der Waals surface area contributed by atoms with Crippen LogP contribution in [-0.4, -0.2) is 23.9 Å². The Bertz CT molecular complexity index is 419. The van der Waals surface area contributed by atoms with Crippen molar-refractivity contribution < 1.29 is 9.18 Å². The zero-order chi connectivity index (χ0) is 14.6. The Morgan fingerprint density at radius 3 is 2.32 bits per heavy atom. The van der Waals surface area contributed by atoms with E-state index in [0.29, 0.717) is 0 Å². The van der Waals surface area contributed by atoms with E-state index in [1.54, 1.807) is 24.1 Å². The van der Waals surface area contributed by atoms with Crippen molar-refractivity contribution >= 4 is 5.91 Å². The van der Waals surface area contributed by atoms with E-state index in [4.69, 9.17) is 5.73 Å². The number of nitrogens with two attached hydrogens (primary N) is 1. The molecule has 1 rings (SSSR count). The van der Waals surface area contributed by atoms with Crippen LogP contribution in [0.4, 0.5) is 4.39 Å². The fraction of sp³-hybridized carbons (Fsp3) is 0.533. The highest BCUT2D eigenvalue weighted by Crippen LogP contribution is 2.21. The van der Waals surface area contributed by atoms with Gasteiger partial charge in [-0.25, -0.2) is 4.39 Å². The van der Waals surface area contributed by atoms with Crippen molar-refractivity contribution in [3.05, 3.63) is 35.6 Å². The second-order valence-electron chi connectivity index (χ2n) is 5.09. The second-order valence-corrected chi connectivity index (χ2v) is 5.09. The largest absolute Gasteiger partial charge is 0.338 e. The van der Waals surface area contributed by atoms with Gasteiger partial charge in [0.25, 0.3) is 0 Å². The Morgan fingerprint density at radius 1 is 1.32 bits per heavy atom. The number of hydrogen-bond acceptors (Lipinski definition) is 2. The smallest absolute Gasteiger partial charge is 0.240 e. The minimum atomic E-state index is -0.488. The zero-order valence-corrected chi connectivity index (χ0v) is 12.1. The maximum atomic E-state index is 12.9. The Morgan fingerprint density at radius 2 is 1.84 bits per heavy atom. The average molecular weight is 266 g/mol. The summed E-state index contributed by atoms with van der Waals surface area (Å²) in [5.41, 5.74) is 6.86. The minimum Gasteiger partial charge on any atom is -0.338 e. The van der Waals surface area contributed by atoms with E-state index in [1.807, 2.05) is 20.8 Å². The van der Waals surface area contributed by atoms with Gasteiger partial charge < -0.3 is 10.6 Å². The van der Waals surface area contributed by atoms with E-state index in [2.05, 4.69) is 0 Å². The molecule has 0 aliphatic carbocycles. The number of amides is 1. The molecule has 106 valence electrons. The highest BCUT2D eigenvalue weighted by Gasteiger charge is 2.26. The molecule has 19 heavy (non-hydrogen) atoms. The van der Waals surface area contributed by atoms with E-state index in [1.165, 1.54) is 12.1 Å². The number of benzene rings is 1. The monoisotopic (exact) mass is 266 g/mol. The average Bonchev–Trinajstić information content (AvgIpc) is 2.44.